The zero-order valence-corrected chi connectivity index (χ0v) is 16.4. The van der Waals surface area contributed by atoms with Gasteiger partial charge in [-0.25, -0.2) is 9.97 Å². The lowest BCUT2D eigenvalue weighted by atomic mass is 10.0. The number of anilines is 1. The predicted molar refractivity (Wildman–Crippen MR) is 109 cm³/mol. The number of carbonyl (C=O) groups excluding carboxylic acids is 1. The van der Waals surface area contributed by atoms with Crippen LogP contribution >= 0.6 is 15.9 Å². The minimum atomic E-state index is -0.230. The second kappa shape index (κ2) is 6.92. The average Bonchev–Trinajstić information content (AvgIpc) is 3.01. The van der Waals surface area contributed by atoms with Gasteiger partial charge >= 0.3 is 0 Å². The molecule has 27 heavy (non-hydrogen) atoms. The molecule has 0 spiro atoms. The molecule has 0 aliphatic heterocycles. The van der Waals surface area contributed by atoms with E-state index in [0.717, 1.165) is 26.6 Å². The molecule has 4 aromatic rings. The summed E-state index contributed by atoms with van der Waals surface area (Å²) in [5.74, 6) is 0.259. The highest BCUT2D eigenvalue weighted by Gasteiger charge is 2.16. The molecule has 0 fully saturated rings. The molecule has 1 amide bonds. The molecule has 0 aliphatic carbocycles. The van der Waals surface area contributed by atoms with Crippen LogP contribution in [0.5, 0.6) is 0 Å². The minimum absolute atomic E-state index is 0.230. The van der Waals surface area contributed by atoms with E-state index in [1.165, 1.54) is 0 Å². The number of rotatable bonds is 3. The van der Waals surface area contributed by atoms with Crippen molar-refractivity contribution in [3.05, 3.63) is 70.6 Å². The lowest BCUT2D eigenvalue weighted by molar-refractivity contribution is 0.102. The number of hydrogen-bond donors (Lipinski definition) is 1. The van der Waals surface area contributed by atoms with Gasteiger partial charge in [0.05, 0.1) is 23.0 Å². The fraction of sp³-hybridized carbons (Fsp3) is 0.100. The molecule has 0 saturated heterocycles. The quantitative estimate of drug-likeness (QED) is 0.533. The van der Waals surface area contributed by atoms with Gasteiger partial charge in [-0.2, -0.15) is 5.10 Å². The van der Waals surface area contributed by atoms with Crippen LogP contribution in [0.15, 0.2) is 59.3 Å². The van der Waals surface area contributed by atoms with Crippen LogP contribution < -0.4 is 5.32 Å². The van der Waals surface area contributed by atoms with Gasteiger partial charge in [0, 0.05) is 34.4 Å². The van der Waals surface area contributed by atoms with Crippen molar-refractivity contribution in [2.45, 2.75) is 6.92 Å². The molecule has 0 atom stereocenters. The van der Waals surface area contributed by atoms with Gasteiger partial charge in [-0.1, -0.05) is 18.2 Å². The molecule has 1 aromatic carbocycles. The monoisotopic (exact) mass is 421 g/mol. The van der Waals surface area contributed by atoms with E-state index in [-0.39, 0.29) is 5.91 Å². The second-order valence-electron chi connectivity index (χ2n) is 6.16. The summed E-state index contributed by atoms with van der Waals surface area (Å²) in [7, 11) is 1.88. The normalized spacial score (nSPS) is 10.9. The Labute approximate surface area is 164 Å². The van der Waals surface area contributed by atoms with Crippen molar-refractivity contribution in [3.63, 3.8) is 0 Å². The first kappa shape index (κ1) is 17.4. The Kier molecular flexibility index (Phi) is 4.45. The second-order valence-corrected chi connectivity index (χ2v) is 7.07. The summed E-state index contributed by atoms with van der Waals surface area (Å²) in [6.45, 7) is 1.98. The molecule has 6 nitrogen and oxygen atoms in total. The molecule has 134 valence electrons. The lowest BCUT2D eigenvalue weighted by Crippen LogP contribution is -2.14. The fourth-order valence-corrected chi connectivity index (χ4v) is 3.12. The topological polar surface area (TPSA) is 72.7 Å². The summed E-state index contributed by atoms with van der Waals surface area (Å²) >= 11 is 3.34. The van der Waals surface area contributed by atoms with Gasteiger partial charge in [0.1, 0.15) is 5.82 Å². The van der Waals surface area contributed by atoms with E-state index in [0.29, 0.717) is 17.1 Å². The predicted octanol–water partition coefficient (Wildman–Crippen LogP) is 4.35. The maximum absolute atomic E-state index is 13.0. The molecular weight excluding hydrogens is 406 g/mol. The number of benzene rings is 1. The van der Waals surface area contributed by atoms with E-state index in [1.54, 1.807) is 29.2 Å². The number of fused-ring (bicyclic) bond motifs is 1. The highest BCUT2D eigenvalue weighted by Crippen LogP contribution is 2.27. The van der Waals surface area contributed by atoms with E-state index in [9.17, 15) is 4.79 Å². The van der Waals surface area contributed by atoms with Crippen molar-refractivity contribution in [3.8, 4) is 11.3 Å². The Morgan fingerprint density at radius 2 is 1.96 bits per heavy atom. The van der Waals surface area contributed by atoms with E-state index in [1.807, 2.05) is 44.3 Å². The van der Waals surface area contributed by atoms with Crippen molar-refractivity contribution in [1.29, 1.82) is 0 Å². The molecular formula is C20H16BrN5O. The standard InChI is InChI=1S/C20H16BrN5O/c1-12-16(11-23-26(12)2)18-9-15(14-5-3-4-6-17(14)24-18)20(27)25-19-8-7-13(21)10-22-19/h3-11H,1-2H3,(H,22,25,27). The van der Waals surface area contributed by atoms with Gasteiger partial charge in [0.25, 0.3) is 5.91 Å². The highest BCUT2D eigenvalue weighted by atomic mass is 79.9. The molecule has 7 heteroatoms. The minimum Gasteiger partial charge on any atom is -0.307 e. The van der Waals surface area contributed by atoms with Gasteiger partial charge in [-0.05, 0) is 47.1 Å². The van der Waals surface area contributed by atoms with Crippen LogP contribution in [0.25, 0.3) is 22.2 Å². The van der Waals surface area contributed by atoms with Crippen molar-refractivity contribution in [1.82, 2.24) is 19.7 Å². The SMILES string of the molecule is Cc1c(-c2cc(C(=O)Nc3ccc(Br)cn3)c3ccccc3n2)cnn1C. The largest absolute Gasteiger partial charge is 0.307 e. The van der Waals surface area contributed by atoms with Crippen LogP contribution in [0, 0.1) is 6.92 Å². The third-order valence-corrected chi connectivity index (χ3v) is 4.91. The van der Waals surface area contributed by atoms with Crippen LogP contribution in [0.2, 0.25) is 0 Å². The van der Waals surface area contributed by atoms with Gasteiger partial charge in [0.15, 0.2) is 0 Å². The summed E-state index contributed by atoms with van der Waals surface area (Å²) in [5, 5.41) is 7.93. The van der Waals surface area contributed by atoms with Crippen LogP contribution in [0.4, 0.5) is 5.82 Å². The maximum Gasteiger partial charge on any atom is 0.257 e. The Hall–Kier alpha value is -3.06. The van der Waals surface area contributed by atoms with Crippen LogP contribution in [0.1, 0.15) is 16.1 Å². The number of carbonyl (C=O) groups is 1. The molecule has 4 rings (SSSR count). The molecule has 0 saturated carbocycles. The van der Waals surface area contributed by atoms with Gasteiger partial charge < -0.3 is 5.32 Å². The maximum atomic E-state index is 13.0. The summed E-state index contributed by atoms with van der Waals surface area (Å²) in [6, 6.07) is 13.0. The molecule has 3 aromatic heterocycles. The van der Waals surface area contributed by atoms with Crippen LogP contribution in [-0.4, -0.2) is 25.7 Å². The van der Waals surface area contributed by atoms with Gasteiger partial charge in [-0.3, -0.25) is 9.48 Å². The Morgan fingerprint density at radius 1 is 1.15 bits per heavy atom. The zero-order chi connectivity index (χ0) is 19.0. The van der Waals surface area contributed by atoms with Gasteiger partial charge in [-0.15, -0.1) is 0 Å². The van der Waals surface area contributed by atoms with Crippen molar-refractivity contribution < 1.29 is 4.79 Å². The number of hydrogen-bond acceptors (Lipinski definition) is 4. The molecule has 0 radical (unpaired) electrons. The van der Waals surface area contributed by atoms with E-state index >= 15 is 0 Å². The van der Waals surface area contributed by atoms with Gasteiger partial charge in [0.2, 0.25) is 0 Å². The fourth-order valence-electron chi connectivity index (χ4n) is 2.88. The number of nitrogens with one attached hydrogen (secondary N) is 1. The number of aryl methyl sites for hydroxylation is 1. The molecule has 1 N–H and O–H groups in total. The number of pyridine rings is 2. The average molecular weight is 422 g/mol. The number of amides is 1. The Morgan fingerprint density at radius 3 is 2.67 bits per heavy atom. The smallest absolute Gasteiger partial charge is 0.257 e. The molecule has 0 unspecified atom stereocenters. The van der Waals surface area contributed by atoms with Crippen molar-refractivity contribution in [2.24, 2.45) is 7.05 Å². The number of aromatic nitrogens is 4. The number of para-hydroxylation sites is 1. The van der Waals surface area contributed by atoms with Crippen LogP contribution in [0.3, 0.4) is 0 Å². The summed E-state index contributed by atoms with van der Waals surface area (Å²) in [4.78, 5) is 21.9. The van der Waals surface area contributed by atoms with E-state index < -0.39 is 0 Å². The first-order valence-electron chi connectivity index (χ1n) is 8.34. The third kappa shape index (κ3) is 3.33. The van der Waals surface area contributed by atoms with E-state index in [2.05, 4.69) is 31.3 Å². The highest BCUT2D eigenvalue weighted by molar-refractivity contribution is 9.10. The number of nitrogens with zero attached hydrogens (tertiary/aromatic N) is 4. The Balaban J connectivity index is 1.82. The van der Waals surface area contributed by atoms with Crippen molar-refractivity contribution in [2.75, 3.05) is 5.32 Å². The van der Waals surface area contributed by atoms with Crippen LogP contribution in [-0.2, 0) is 7.05 Å². The van der Waals surface area contributed by atoms with E-state index in [4.69, 9.17) is 4.98 Å². The summed E-state index contributed by atoms with van der Waals surface area (Å²) in [5.41, 5.74) is 3.90. The lowest BCUT2D eigenvalue weighted by Gasteiger charge is -2.10. The zero-order valence-electron chi connectivity index (χ0n) is 14.8. The third-order valence-electron chi connectivity index (χ3n) is 4.44. The van der Waals surface area contributed by atoms with Crippen molar-refractivity contribution >= 4 is 38.6 Å². The summed E-state index contributed by atoms with van der Waals surface area (Å²) < 4.78 is 2.64. The molecule has 3 heterocycles. The Bertz CT molecular complexity index is 1150. The first-order valence-corrected chi connectivity index (χ1v) is 9.14. The first-order chi connectivity index (χ1) is 13.0. The molecule has 0 bridgehead atoms. The number of halogens is 1. The summed E-state index contributed by atoms with van der Waals surface area (Å²) in [6.07, 6.45) is 3.41. The molecule has 0 aliphatic rings.